The number of ether oxygens (including phenoxy) is 1. The van der Waals surface area contributed by atoms with Crippen LogP contribution in [0.4, 0.5) is 11.5 Å². The van der Waals surface area contributed by atoms with Crippen molar-refractivity contribution in [3.8, 4) is 6.01 Å². The van der Waals surface area contributed by atoms with Crippen LogP contribution in [0, 0.1) is 12.5 Å². The fraction of sp³-hybridized carbons (Fsp3) is 0.531. The molecule has 2 fully saturated rings. The molecule has 7 nitrogen and oxygen atoms in total. The molecule has 3 aromatic rings. The lowest BCUT2D eigenvalue weighted by Crippen LogP contribution is -2.40. The lowest BCUT2D eigenvalue weighted by atomic mass is 9.96. The van der Waals surface area contributed by atoms with Gasteiger partial charge in [-0.2, -0.15) is 9.97 Å². The highest BCUT2D eigenvalue weighted by atomic mass is 16.5. The molecular formula is C32H40N6O. The average molecular weight is 525 g/mol. The number of hydrogen-bond acceptors (Lipinski definition) is 6. The number of likely N-dealkylation sites (tertiary alicyclic amines) is 1. The third kappa shape index (κ3) is 5.40. The molecular weight excluding hydrogens is 484 g/mol. The molecule has 1 unspecified atom stereocenters. The largest absolute Gasteiger partial charge is 0.462 e. The van der Waals surface area contributed by atoms with Gasteiger partial charge in [0.05, 0.1) is 12.2 Å². The zero-order valence-corrected chi connectivity index (χ0v) is 23.4. The molecule has 2 aromatic carbocycles. The third-order valence-electron chi connectivity index (χ3n) is 8.79. The standard InChI is InChI=1S/C32H40N6O/c1-23(2)38-17-8-12-26(38)22-39-32-34-29-21-36(30-14-6-11-25-10-4-5-13-27(25)30)18-15-28(29)31(35-32)37-16-7-9-24(20-37)19-33-3/h4-6,10-11,13-14,23-24,26H,7-9,12,15-22H2,1-2H3/t24?,26-/m0/s1. The van der Waals surface area contributed by atoms with E-state index in [4.69, 9.17) is 21.3 Å². The number of aromatic nitrogens is 2. The van der Waals surface area contributed by atoms with Crippen LogP contribution in [0.5, 0.6) is 6.01 Å². The van der Waals surface area contributed by atoms with Gasteiger partial charge in [0.1, 0.15) is 12.4 Å². The van der Waals surface area contributed by atoms with E-state index in [1.807, 2.05) is 0 Å². The van der Waals surface area contributed by atoms with E-state index in [9.17, 15) is 0 Å². The van der Waals surface area contributed by atoms with Gasteiger partial charge in [-0.3, -0.25) is 4.90 Å². The van der Waals surface area contributed by atoms with Gasteiger partial charge >= 0.3 is 6.01 Å². The Morgan fingerprint density at radius 1 is 1.00 bits per heavy atom. The van der Waals surface area contributed by atoms with E-state index in [1.54, 1.807) is 0 Å². The maximum atomic E-state index is 7.39. The Balaban J connectivity index is 1.31. The second-order valence-corrected chi connectivity index (χ2v) is 11.7. The van der Waals surface area contributed by atoms with Gasteiger partial charge in [0, 0.05) is 54.3 Å². The normalized spacial score (nSPS) is 21.8. The van der Waals surface area contributed by atoms with Crippen LogP contribution in [0.3, 0.4) is 0 Å². The van der Waals surface area contributed by atoms with E-state index >= 15 is 0 Å². The number of piperidine rings is 1. The first kappa shape index (κ1) is 25.9. The molecule has 7 heteroatoms. The molecule has 2 saturated heterocycles. The average Bonchev–Trinajstić information content (AvgIpc) is 3.45. The van der Waals surface area contributed by atoms with Crippen molar-refractivity contribution < 1.29 is 4.74 Å². The quantitative estimate of drug-likeness (QED) is 0.376. The van der Waals surface area contributed by atoms with Crippen molar-refractivity contribution in [1.29, 1.82) is 0 Å². The second-order valence-electron chi connectivity index (χ2n) is 11.7. The summed E-state index contributed by atoms with van der Waals surface area (Å²) in [6.07, 6.45) is 5.51. The minimum Gasteiger partial charge on any atom is -0.462 e. The molecule has 204 valence electrons. The molecule has 3 aliphatic heterocycles. The topological polar surface area (TPSA) is 49.1 Å². The molecule has 0 bridgehead atoms. The summed E-state index contributed by atoms with van der Waals surface area (Å²) in [7, 11) is 0. The summed E-state index contributed by atoms with van der Waals surface area (Å²) in [5.41, 5.74) is 3.59. The van der Waals surface area contributed by atoms with Gasteiger partial charge in [0.15, 0.2) is 0 Å². The minimum atomic E-state index is 0.403. The Hall–Kier alpha value is -3.37. The number of anilines is 2. The predicted octanol–water partition coefficient (Wildman–Crippen LogP) is 5.58. The van der Waals surface area contributed by atoms with E-state index in [2.05, 4.69) is 75.9 Å². The summed E-state index contributed by atoms with van der Waals surface area (Å²) in [6.45, 7) is 17.8. The number of fused-ring (bicyclic) bond motifs is 2. The number of benzene rings is 2. The van der Waals surface area contributed by atoms with Gasteiger partial charge < -0.3 is 19.4 Å². The van der Waals surface area contributed by atoms with Crippen molar-refractivity contribution in [3.63, 3.8) is 0 Å². The highest BCUT2D eigenvalue weighted by Crippen LogP contribution is 2.35. The summed E-state index contributed by atoms with van der Waals surface area (Å²) >= 11 is 0. The highest BCUT2D eigenvalue weighted by Gasteiger charge is 2.31. The fourth-order valence-electron chi connectivity index (χ4n) is 6.83. The molecule has 39 heavy (non-hydrogen) atoms. The Kier molecular flexibility index (Phi) is 7.56. The van der Waals surface area contributed by atoms with Crippen LogP contribution >= 0.6 is 0 Å². The molecule has 0 spiro atoms. The fourth-order valence-corrected chi connectivity index (χ4v) is 6.83. The summed E-state index contributed by atoms with van der Waals surface area (Å²) in [5.74, 6) is 1.44. The second kappa shape index (κ2) is 11.4. The van der Waals surface area contributed by atoms with Gasteiger partial charge in [-0.05, 0) is 63.9 Å². The van der Waals surface area contributed by atoms with Crippen LogP contribution in [-0.4, -0.2) is 66.3 Å². The first-order chi connectivity index (χ1) is 19.1. The summed E-state index contributed by atoms with van der Waals surface area (Å²) in [4.78, 5) is 21.2. The molecule has 6 rings (SSSR count). The molecule has 1 aromatic heterocycles. The lowest BCUT2D eigenvalue weighted by Gasteiger charge is -2.36. The van der Waals surface area contributed by atoms with Crippen molar-refractivity contribution in [2.45, 2.75) is 64.6 Å². The van der Waals surface area contributed by atoms with Crippen molar-refractivity contribution in [2.75, 3.05) is 49.1 Å². The van der Waals surface area contributed by atoms with Crippen LogP contribution < -0.4 is 14.5 Å². The molecule has 0 amide bonds. The smallest absolute Gasteiger partial charge is 0.318 e. The Morgan fingerprint density at radius 2 is 1.85 bits per heavy atom. The maximum Gasteiger partial charge on any atom is 0.318 e. The molecule has 2 atom stereocenters. The van der Waals surface area contributed by atoms with E-state index in [-0.39, 0.29) is 0 Å². The number of nitrogens with zero attached hydrogens (tertiary/aromatic N) is 6. The predicted molar refractivity (Wildman–Crippen MR) is 157 cm³/mol. The molecule has 0 radical (unpaired) electrons. The molecule has 4 heterocycles. The van der Waals surface area contributed by atoms with Crippen LogP contribution in [-0.2, 0) is 13.0 Å². The lowest BCUT2D eigenvalue weighted by molar-refractivity contribution is 0.138. The monoisotopic (exact) mass is 524 g/mol. The van der Waals surface area contributed by atoms with Gasteiger partial charge in [-0.25, -0.2) is 6.57 Å². The summed E-state index contributed by atoms with van der Waals surface area (Å²) < 4.78 is 6.40. The van der Waals surface area contributed by atoms with Gasteiger partial charge in [-0.1, -0.05) is 36.4 Å². The van der Waals surface area contributed by atoms with Crippen LogP contribution in [0.2, 0.25) is 0 Å². The Bertz CT molecular complexity index is 1340. The zero-order chi connectivity index (χ0) is 26.8. The molecule has 3 aliphatic rings. The van der Waals surface area contributed by atoms with E-state index in [1.165, 1.54) is 28.4 Å². The van der Waals surface area contributed by atoms with E-state index in [0.717, 1.165) is 69.9 Å². The first-order valence-corrected chi connectivity index (χ1v) is 14.7. The van der Waals surface area contributed by atoms with Crippen molar-refractivity contribution in [3.05, 3.63) is 65.1 Å². The Labute approximate surface area is 232 Å². The van der Waals surface area contributed by atoms with Crippen LogP contribution in [0.1, 0.15) is 50.8 Å². The minimum absolute atomic E-state index is 0.403. The first-order valence-electron chi connectivity index (χ1n) is 14.7. The van der Waals surface area contributed by atoms with E-state index in [0.29, 0.717) is 37.2 Å². The summed E-state index contributed by atoms with van der Waals surface area (Å²) in [6, 6.07) is 16.6. The molecule has 0 saturated carbocycles. The molecule has 0 aliphatic carbocycles. The molecule has 0 N–H and O–H groups in total. The summed E-state index contributed by atoms with van der Waals surface area (Å²) in [5, 5.41) is 2.54. The third-order valence-corrected chi connectivity index (χ3v) is 8.79. The SMILES string of the molecule is [C-]#[N+]CC1CCCN(c2nc(OC[C@@H]3CCCN3C(C)C)nc3c2CCN(c2cccc4ccccc24)C3)C1. The van der Waals surface area contributed by atoms with Gasteiger partial charge in [0.2, 0.25) is 6.54 Å². The van der Waals surface area contributed by atoms with Gasteiger partial charge in [-0.15, -0.1) is 0 Å². The van der Waals surface area contributed by atoms with Crippen LogP contribution in [0.25, 0.3) is 15.6 Å². The van der Waals surface area contributed by atoms with Crippen molar-refractivity contribution >= 4 is 22.3 Å². The maximum absolute atomic E-state index is 7.39. The van der Waals surface area contributed by atoms with Crippen LogP contribution in [0.15, 0.2) is 42.5 Å². The number of hydrogen-bond donors (Lipinski definition) is 0. The van der Waals surface area contributed by atoms with Crippen molar-refractivity contribution in [1.82, 2.24) is 14.9 Å². The Morgan fingerprint density at radius 3 is 2.72 bits per heavy atom. The zero-order valence-electron chi connectivity index (χ0n) is 23.4. The number of rotatable bonds is 7. The highest BCUT2D eigenvalue weighted by molar-refractivity contribution is 5.94. The van der Waals surface area contributed by atoms with Crippen molar-refractivity contribution in [2.24, 2.45) is 5.92 Å². The van der Waals surface area contributed by atoms with Gasteiger partial charge in [0.25, 0.3) is 0 Å². The van der Waals surface area contributed by atoms with E-state index < -0.39 is 0 Å².